The summed E-state index contributed by atoms with van der Waals surface area (Å²) in [7, 11) is 0. The van der Waals surface area contributed by atoms with Crippen molar-refractivity contribution >= 4 is 12.0 Å². The molecule has 1 aromatic rings. The number of carbonyl (C=O) groups is 1. The quantitative estimate of drug-likeness (QED) is 0.603. The summed E-state index contributed by atoms with van der Waals surface area (Å²) < 4.78 is 0. The zero-order valence-corrected chi connectivity index (χ0v) is 10.2. The standard InChI is InChI=1S/C13H16N4O/c14-5-1-2-6-17-8-13(9-17)16-11-3-4-12(10-18)15-7-11/h3-4,7,10,13,16H,1-2,6,8-9H2. The minimum absolute atomic E-state index is 0.441. The van der Waals surface area contributed by atoms with Crippen LogP contribution < -0.4 is 5.32 Å². The maximum atomic E-state index is 10.5. The minimum atomic E-state index is 0.441. The molecule has 0 atom stereocenters. The third-order valence-corrected chi connectivity index (χ3v) is 3.00. The van der Waals surface area contributed by atoms with Crippen molar-refractivity contribution in [1.29, 1.82) is 5.26 Å². The monoisotopic (exact) mass is 244 g/mol. The number of hydrogen-bond donors (Lipinski definition) is 1. The summed E-state index contributed by atoms with van der Waals surface area (Å²) in [5.41, 5.74) is 1.40. The summed E-state index contributed by atoms with van der Waals surface area (Å²) in [6.45, 7) is 3.00. The van der Waals surface area contributed by atoms with Gasteiger partial charge in [0.15, 0.2) is 6.29 Å². The topological polar surface area (TPSA) is 69.0 Å². The predicted molar refractivity (Wildman–Crippen MR) is 68.3 cm³/mol. The number of unbranched alkanes of at least 4 members (excludes halogenated alkanes) is 1. The molecule has 0 aliphatic carbocycles. The first-order valence-electron chi connectivity index (χ1n) is 6.09. The van der Waals surface area contributed by atoms with Crippen LogP contribution in [0.1, 0.15) is 23.3 Å². The Hall–Kier alpha value is -1.93. The Morgan fingerprint density at radius 2 is 2.39 bits per heavy atom. The molecule has 94 valence electrons. The Balaban J connectivity index is 1.69. The van der Waals surface area contributed by atoms with E-state index in [4.69, 9.17) is 5.26 Å². The van der Waals surface area contributed by atoms with Crippen LogP contribution in [-0.4, -0.2) is 41.8 Å². The van der Waals surface area contributed by atoms with E-state index in [0.717, 1.165) is 38.0 Å². The van der Waals surface area contributed by atoms with E-state index in [1.54, 1.807) is 12.3 Å². The molecule has 0 amide bonds. The van der Waals surface area contributed by atoms with E-state index in [-0.39, 0.29) is 0 Å². The molecule has 1 aromatic heterocycles. The molecule has 1 aliphatic heterocycles. The van der Waals surface area contributed by atoms with Crippen molar-refractivity contribution < 1.29 is 4.79 Å². The summed E-state index contributed by atoms with van der Waals surface area (Å²) in [5, 5.41) is 11.8. The van der Waals surface area contributed by atoms with E-state index in [9.17, 15) is 4.79 Å². The fourth-order valence-corrected chi connectivity index (χ4v) is 2.02. The van der Waals surface area contributed by atoms with Crippen LogP contribution in [0.3, 0.4) is 0 Å². The lowest BCUT2D eigenvalue weighted by Gasteiger charge is -2.40. The van der Waals surface area contributed by atoms with Gasteiger partial charge in [0, 0.05) is 19.5 Å². The molecule has 5 heteroatoms. The molecule has 0 aromatic carbocycles. The Kier molecular flexibility index (Phi) is 4.26. The van der Waals surface area contributed by atoms with Gasteiger partial charge in [0.25, 0.3) is 0 Å². The lowest BCUT2D eigenvalue weighted by atomic mass is 10.1. The maximum absolute atomic E-state index is 10.5. The number of nitrogens with zero attached hydrogens (tertiary/aromatic N) is 3. The van der Waals surface area contributed by atoms with Gasteiger partial charge in [0.1, 0.15) is 5.69 Å². The SMILES string of the molecule is N#CCCCN1CC(Nc2ccc(C=O)nc2)C1. The average molecular weight is 244 g/mol. The van der Waals surface area contributed by atoms with E-state index >= 15 is 0 Å². The molecule has 2 heterocycles. The van der Waals surface area contributed by atoms with Gasteiger partial charge in [-0.15, -0.1) is 0 Å². The number of aromatic nitrogens is 1. The molecule has 2 rings (SSSR count). The van der Waals surface area contributed by atoms with Crippen LogP contribution in [0, 0.1) is 11.3 Å². The lowest BCUT2D eigenvalue weighted by molar-refractivity contribution is 0.111. The highest BCUT2D eigenvalue weighted by molar-refractivity contribution is 5.72. The Morgan fingerprint density at radius 1 is 1.56 bits per heavy atom. The molecule has 1 N–H and O–H groups in total. The first-order valence-corrected chi connectivity index (χ1v) is 6.09. The third kappa shape index (κ3) is 3.28. The number of anilines is 1. The summed E-state index contributed by atoms with van der Waals surface area (Å²) in [5.74, 6) is 0. The van der Waals surface area contributed by atoms with Gasteiger partial charge in [-0.2, -0.15) is 5.26 Å². The van der Waals surface area contributed by atoms with Crippen molar-refractivity contribution in [2.45, 2.75) is 18.9 Å². The highest BCUT2D eigenvalue weighted by atomic mass is 16.1. The largest absolute Gasteiger partial charge is 0.378 e. The Morgan fingerprint density at radius 3 is 3.00 bits per heavy atom. The lowest BCUT2D eigenvalue weighted by Crippen LogP contribution is -2.54. The van der Waals surface area contributed by atoms with Crippen LogP contribution in [0.2, 0.25) is 0 Å². The summed E-state index contributed by atoms with van der Waals surface area (Å²) >= 11 is 0. The van der Waals surface area contributed by atoms with Crippen molar-refractivity contribution in [1.82, 2.24) is 9.88 Å². The molecule has 1 aliphatic rings. The molecule has 0 radical (unpaired) electrons. The third-order valence-electron chi connectivity index (χ3n) is 3.00. The van der Waals surface area contributed by atoms with Gasteiger partial charge in [-0.25, -0.2) is 0 Å². The van der Waals surface area contributed by atoms with E-state index in [1.165, 1.54) is 0 Å². The van der Waals surface area contributed by atoms with Crippen LogP contribution >= 0.6 is 0 Å². The van der Waals surface area contributed by atoms with Crippen molar-refractivity contribution in [3.05, 3.63) is 24.0 Å². The van der Waals surface area contributed by atoms with Crippen LogP contribution in [0.15, 0.2) is 18.3 Å². The fraction of sp³-hybridized carbons (Fsp3) is 0.462. The number of carbonyl (C=O) groups excluding carboxylic acids is 1. The molecular weight excluding hydrogens is 228 g/mol. The number of likely N-dealkylation sites (tertiary alicyclic amines) is 1. The second-order valence-electron chi connectivity index (χ2n) is 4.45. The first-order chi connectivity index (χ1) is 8.81. The minimum Gasteiger partial charge on any atom is -0.378 e. The molecule has 1 saturated heterocycles. The van der Waals surface area contributed by atoms with Gasteiger partial charge in [0.05, 0.1) is 24.0 Å². The van der Waals surface area contributed by atoms with Crippen LogP contribution in [0.5, 0.6) is 0 Å². The maximum Gasteiger partial charge on any atom is 0.168 e. The average Bonchev–Trinajstić information content (AvgIpc) is 2.36. The van der Waals surface area contributed by atoms with Gasteiger partial charge in [-0.05, 0) is 25.1 Å². The molecule has 0 unspecified atom stereocenters. The summed E-state index contributed by atoms with van der Waals surface area (Å²) in [4.78, 5) is 16.8. The van der Waals surface area contributed by atoms with E-state index in [0.29, 0.717) is 18.2 Å². The van der Waals surface area contributed by atoms with Gasteiger partial charge < -0.3 is 5.32 Å². The molecular formula is C13H16N4O. The number of pyridine rings is 1. The Bertz CT molecular complexity index is 431. The van der Waals surface area contributed by atoms with Crippen LogP contribution in [0.25, 0.3) is 0 Å². The first kappa shape index (κ1) is 12.5. The number of rotatable bonds is 6. The second-order valence-corrected chi connectivity index (χ2v) is 4.45. The molecule has 0 bridgehead atoms. The Labute approximate surface area is 106 Å². The van der Waals surface area contributed by atoms with Crippen LogP contribution in [-0.2, 0) is 0 Å². The van der Waals surface area contributed by atoms with Crippen molar-refractivity contribution in [2.75, 3.05) is 25.0 Å². The smallest absolute Gasteiger partial charge is 0.168 e. The molecule has 0 spiro atoms. The van der Waals surface area contributed by atoms with Gasteiger partial charge in [-0.3, -0.25) is 14.7 Å². The second kappa shape index (κ2) is 6.12. The number of nitrogens with one attached hydrogen (secondary N) is 1. The van der Waals surface area contributed by atoms with E-state index in [1.807, 2.05) is 6.07 Å². The molecule has 0 saturated carbocycles. The number of aldehydes is 1. The summed E-state index contributed by atoms with van der Waals surface area (Å²) in [6, 6.07) is 6.17. The highest BCUT2D eigenvalue weighted by Crippen LogP contribution is 2.15. The predicted octanol–water partition coefficient (Wildman–Crippen LogP) is 1.29. The van der Waals surface area contributed by atoms with Crippen LogP contribution in [0.4, 0.5) is 5.69 Å². The fourth-order valence-electron chi connectivity index (χ4n) is 2.02. The van der Waals surface area contributed by atoms with Crippen molar-refractivity contribution in [3.63, 3.8) is 0 Å². The van der Waals surface area contributed by atoms with Crippen molar-refractivity contribution in [3.8, 4) is 6.07 Å². The van der Waals surface area contributed by atoms with Gasteiger partial charge in [-0.1, -0.05) is 0 Å². The highest BCUT2D eigenvalue weighted by Gasteiger charge is 2.25. The number of hydrogen-bond acceptors (Lipinski definition) is 5. The zero-order valence-electron chi connectivity index (χ0n) is 10.2. The normalized spacial score (nSPS) is 15.7. The molecule has 1 fully saturated rings. The molecule has 5 nitrogen and oxygen atoms in total. The summed E-state index contributed by atoms with van der Waals surface area (Å²) in [6.07, 6.45) is 4.00. The van der Waals surface area contributed by atoms with Crippen molar-refractivity contribution in [2.24, 2.45) is 0 Å². The zero-order chi connectivity index (χ0) is 12.8. The number of nitriles is 1. The van der Waals surface area contributed by atoms with Gasteiger partial charge in [0.2, 0.25) is 0 Å². The molecule has 18 heavy (non-hydrogen) atoms. The van der Waals surface area contributed by atoms with Gasteiger partial charge >= 0.3 is 0 Å². The van der Waals surface area contributed by atoms with E-state index in [2.05, 4.69) is 21.3 Å². The van der Waals surface area contributed by atoms with E-state index < -0.39 is 0 Å².